The van der Waals surface area contributed by atoms with Gasteiger partial charge in [0.05, 0.1) is 24.9 Å². The van der Waals surface area contributed by atoms with Gasteiger partial charge in [-0.25, -0.2) is 9.59 Å². The summed E-state index contributed by atoms with van der Waals surface area (Å²) in [6, 6.07) is 13.3. The smallest absolute Gasteiger partial charge is 0.342 e. The highest BCUT2D eigenvalue weighted by molar-refractivity contribution is 5.90. The fourth-order valence-electron chi connectivity index (χ4n) is 2.16. The van der Waals surface area contributed by atoms with E-state index in [0.717, 1.165) is 25.2 Å². The van der Waals surface area contributed by atoms with Crippen LogP contribution in [0.25, 0.3) is 0 Å². The van der Waals surface area contributed by atoms with Crippen LogP contribution in [0.5, 0.6) is 17.2 Å². The summed E-state index contributed by atoms with van der Waals surface area (Å²) in [5.74, 6) is 0.512. The first-order valence-electron chi connectivity index (χ1n) is 9.17. The number of carbonyl (C=O) groups is 2. The molecule has 6 heteroatoms. The molecule has 2 rings (SSSR count). The van der Waals surface area contributed by atoms with E-state index in [2.05, 4.69) is 6.92 Å². The summed E-state index contributed by atoms with van der Waals surface area (Å²) in [4.78, 5) is 23.7. The third-order valence-corrected chi connectivity index (χ3v) is 3.59. The Labute approximate surface area is 164 Å². The average molecular weight is 384 g/mol. The van der Waals surface area contributed by atoms with Crippen LogP contribution in [0.2, 0.25) is 0 Å². The molecule has 2 aromatic rings. The van der Waals surface area contributed by atoms with Crippen LogP contribution in [0.1, 0.15) is 37.0 Å². The highest BCUT2D eigenvalue weighted by Crippen LogP contribution is 2.18. The third kappa shape index (κ3) is 7.15. The molecule has 0 fully saturated rings. The standard InChI is InChI=1S/C22H24O6/c1-3-5-15-26-19-8-6-17(7-9-19)22(24)27-16-14-21(23)28-20-12-10-18(11-13-20)25-4-2/h6-14,16H,3-5,15H2,1-2H3/b16-14+. The monoisotopic (exact) mass is 384 g/mol. The van der Waals surface area contributed by atoms with Crippen molar-refractivity contribution in [3.05, 3.63) is 66.4 Å². The summed E-state index contributed by atoms with van der Waals surface area (Å²) < 4.78 is 20.9. The van der Waals surface area contributed by atoms with E-state index in [1.807, 2.05) is 6.92 Å². The summed E-state index contributed by atoms with van der Waals surface area (Å²) in [6.45, 7) is 5.17. The van der Waals surface area contributed by atoms with Crippen molar-refractivity contribution in [2.75, 3.05) is 13.2 Å². The van der Waals surface area contributed by atoms with Crippen molar-refractivity contribution in [2.24, 2.45) is 0 Å². The van der Waals surface area contributed by atoms with Gasteiger partial charge in [0.1, 0.15) is 23.5 Å². The van der Waals surface area contributed by atoms with E-state index in [4.69, 9.17) is 18.9 Å². The zero-order valence-electron chi connectivity index (χ0n) is 16.1. The van der Waals surface area contributed by atoms with E-state index in [9.17, 15) is 9.59 Å². The summed E-state index contributed by atoms with van der Waals surface area (Å²) in [5, 5.41) is 0. The lowest BCUT2D eigenvalue weighted by Gasteiger charge is -2.06. The largest absolute Gasteiger partial charge is 0.494 e. The first kappa shape index (κ1) is 21.0. The summed E-state index contributed by atoms with van der Waals surface area (Å²) in [5.41, 5.74) is 0.354. The van der Waals surface area contributed by atoms with Crippen molar-refractivity contribution in [2.45, 2.75) is 26.7 Å². The van der Waals surface area contributed by atoms with Crippen LogP contribution in [-0.2, 0) is 9.53 Å². The van der Waals surface area contributed by atoms with Crippen molar-refractivity contribution in [3.63, 3.8) is 0 Å². The minimum atomic E-state index is -0.656. The second kappa shape index (κ2) is 11.4. The third-order valence-electron chi connectivity index (χ3n) is 3.59. The first-order valence-corrected chi connectivity index (χ1v) is 9.17. The van der Waals surface area contributed by atoms with E-state index in [1.165, 1.54) is 0 Å². The van der Waals surface area contributed by atoms with E-state index in [0.29, 0.717) is 36.0 Å². The fraction of sp³-hybridized carbons (Fsp3) is 0.273. The van der Waals surface area contributed by atoms with Crippen LogP contribution >= 0.6 is 0 Å². The minimum Gasteiger partial charge on any atom is -0.494 e. The highest BCUT2D eigenvalue weighted by Gasteiger charge is 2.07. The number of unbranched alkanes of at least 4 members (excludes halogenated alkanes) is 1. The molecule has 6 nitrogen and oxygen atoms in total. The Bertz CT molecular complexity index is 778. The van der Waals surface area contributed by atoms with Crippen LogP contribution in [0, 0.1) is 0 Å². The SMILES string of the molecule is CCCCOc1ccc(C(=O)O/C=C/C(=O)Oc2ccc(OCC)cc2)cc1. The van der Waals surface area contributed by atoms with Crippen LogP contribution in [0.4, 0.5) is 0 Å². The second-order valence-electron chi connectivity index (χ2n) is 5.76. The predicted molar refractivity (Wildman–Crippen MR) is 105 cm³/mol. The van der Waals surface area contributed by atoms with E-state index >= 15 is 0 Å². The van der Waals surface area contributed by atoms with Crippen molar-refractivity contribution < 1.29 is 28.5 Å². The molecule has 0 N–H and O–H groups in total. The second-order valence-corrected chi connectivity index (χ2v) is 5.76. The van der Waals surface area contributed by atoms with Gasteiger partial charge in [0, 0.05) is 0 Å². The Morgan fingerprint density at radius 2 is 1.46 bits per heavy atom. The predicted octanol–water partition coefficient (Wildman–Crippen LogP) is 4.54. The molecule has 0 unspecified atom stereocenters. The number of benzene rings is 2. The molecule has 0 amide bonds. The number of carbonyl (C=O) groups excluding carboxylic acids is 2. The normalized spacial score (nSPS) is 10.5. The first-order chi connectivity index (χ1) is 13.6. The topological polar surface area (TPSA) is 71.1 Å². The van der Waals surface area contributed by atoms with Crippen LogP contribution in [-0.4, -0.2) is 25.2 Å². The number of hydrogen-bond donors (Lipinski definition) is 0. The van der Waals surface area contributed by atoms with Crippen LogP contribution in [0.15, 0.2) is 60.9 Å². The molecule has 0 atom stereocenters. The molecule has 0 aliphatic heterocycles. The molecule has 0 saturated heterocycles. The number of rotatable bonds is 10. The van der Waals surface area contributed by atoms with Gasteiger partial charge in [0.15, 0.2) is 0 Å². The van der Waals surface area contributed by atoms with Gasteiger partial charge in [0.2, 0.25) is 0 Å². The quantitative estimate of drug-likeness (QED) is 0.197. The molecule has 0 aliphatic carbocycles. The zero-order valence-corrected chi connectivity index (χ0v) is 16.1. The van der Waals surface area contributed by atoms with Crippen molar-refractivity contribution in [3.8, 4) is 17.2 Å². The van der Waals surface area contributed by atoms with Gasteiger partial charge in [-0.1, -0.05) is 13.3 Å². The maximum Gasteiger partial charge on any atom is 0.342 e. The van der Waals surface area contributed by atoms with Crippen molar-refractivity contribution in [1.82, 2.24) is 0 Å². The number of esters is 2. The molecular formula is C22H24O6. The number of ether oxygens (including phenoxy) is 4. The van der Waals surface area contributed by atoms with Gasteiger partial charge in [-0.3, -0.25) is 0 Å². The maximum atomic E-state index is 12.0. The Morgan fingerprint density at radius 1 is 0.857 bits per heavy atom. The van der Waals surface area contributed by atoms with Gasteiger partial charge in [-0.05, 0) is 61.9 Å². The van der Waals surface area contributed by atoms with Crippen molar-refractivity contribution in [1.29, 1.82) is 0 Å². The lowest BCUT2D eigenvalue weighted by atomic mass is 10.2. The van der Waals surface area contributed by atoms with Gasteiger partial charge in [0.25, 0.3) is 0 Å². The lowest BCUT2D eigenvalue weighted by Crippen LogP contribution is -2.05. The molecule has 28 heavy (non-hydrogen) atoms. The minimum absolute atomic E-state index is 0.354. The molecular weight excluding hydrogens is 360 g/mol. The number of hydrogen-bond acceptors (Lipinski definition) is 6. The Morgan fingerprint density at radius 3 is 2.11 bits per heavy atom. The molecule has 0 aromatic heterocycles. The summed E-state index contributed by atoms with van der Waals surface area (Å²) >= 11 is 0. The van der Waals surface area contributed by atoms with Gasteiger partial charge in [-0.2, -0.15) is 0 Å². The average Bonchev–Trinajstić information content (AvgIpc) is 2.70. The Hall–Kier alpha value is -3.28. The molecule has 0 heterocycles. The highest BCUT2D eigenvalue weighted by atomic mass is 16.5. The molecule has 0 radical (unpaired) electrons. The fourth-order valence-corrected chi connectivity index (χ4v) is 2.16. The molecule has 0 spiro atoms. The maximum absolute atomic E-state index is 12.0. The van der Waals surface area contributed by atoms with Gasteiger partial charge >= 0.3 is 11.9 Å². The summed E-state index contributed by atoms with van der Waals surface area (Å²) in [7, 11) is 0. The molecule has 148 valence electrons. The van der Waals surface area contributed by atoms with Crippen LogP contribution in [0.3, 0.4) is 0 Å². The molecule has 0 saturated carbocycles. The van der Waals surface area contributed by atoms with Crippen LogP contribution < -0.4 is 14.2 Å². The summed E-state index contributed by atoms with van der Waals surface area (Å²) in [6.07, 6.45) is 4.07. The molecule has 2 aromatic carbocycles. The van der Waals surface area contributed by atoms with Gasteiger partial charge in [-0.15, -0.1) is 0 Å². The Balaban J connectivity index is 1.79. The molecule has 0 aliphatic rings. The molecule has 0 bridgehead atoms. The van der Waals surface area contributed by atoms with Crippen molar-refractivity contribution >= 4 is 11.9 Å². The van der Waals surface area contributed by atoms with E-state index < -0.39 is 11.9 Å². The van der Waals surface area contributed by atoms with E-state index in [1.54, 1.807) is 48.5 Å². The lowest BCUT2D eigenvalue weighted by molar-refractivity contribution is -0.129. The van der Waals surface area contributed by atoms with Gasteiger partial charge < -0.3 is 18.9 Å². The Kier molecular flexibility index (Phi) is 8.59. The zero-order chi connectivity index (χ0) is 20.2. The van der Waals surface area contributed by atoms with E-state index in [-0.39, 0.29) is 0 Å².